The summed E-state index contributed by atoms with van der Waals surface area (Å²) in [6, 6.07) is 0. The van der Waals surface area contributed by atoms with Gasteiger partial charge in [0.2, 0.25) is 5.91 Å². The Morgan fingerprint density at radius 2 is 2.16 bits per heavy atom. The molecule has 0 bridgehead atoms. The van der Waals surface area contributed by atoms with Crippen molar-refractivity contribution in [3.05, 3.63) is 0 Å². The molecule has 110 valence electrons. The molecular formula is C14H26N2O3. The Morgan fingerprint density at radius 3 is 2.79 bits per heavy atom. The lowest BCUT2D eigenvalue weighted by Crippen LogP contribution is -2.44. The van der Waals surface area contributed by atoms with E-state index in [9.17, 15) is 9.90 Å². The van der Waals surface area contributed by atoms with Gasteiger partial charge in [-0.05, 0) is 12.8 Å². The topological polar surface area (TPSA) is 70.6 Å². The second-order valence-electron chi connectivity index (χ2n) is 5.90. The van der Waals surface area contributed by atoms with Crippen LogP contribution in [-0.2, 0) is 9.53 Å². The fourth-order valence-electron chi connectivity index (χ4n) is 3.01. The van der Waals surface area contributed by atoms with Crippen LogP contribution in [-0.4, -0.2) is 50.0 Å². The third kappa shape index (κ3) is 4.44. The van der Waals surface area contributed by atoms with Gasteiger partial charge in [-0.15, -0.1) is 0 Å². The molecule has 0 radical (unpaired) electrons. The van der Waals surface area contributed by atoms with Crippen LogP contribution >= 0.6 is 0 Å². The Bertz CT molecular complexity index is 284. The monoisotopic (exact) mass is 270 g/mol. The first-order valence-corrected chi connectivity index (χ1v) is 7.44. The largest absolute Gasteiger partial charge is 0.396 e. The number of hydrogen-bond donors (Lipinski definition) is 3. The number of morpholine rings is 1. The average molecular weight is 270 g/mol. The number of carbonyl (C=O) groups excluding carboxylic acids is 1. The van der Waals surface area contributed by atoms with Gasteiger partial charge in [0.25, 0.3) is 0 Å². The molecule has 2 fully saturated rings. The molecule has 1 atom stereocenters. The van der Waals surface area contributed by atoms with Gasteiger partial charge >= 0.3 is 0 Å². The van der Waals surface area contributed by atoms with Crippen molar-refractivity contribution in [3.63, 3.8) is 0 Å². The zero-order chi connectivity index (χ0) is 13.6. The maximum absolute atomic E-state index is 11.9. The van der Waals surface area contributed by atoms with Crippen molar-refractivity contribution in [2.45, 2.75) is 44.6 Å². The van der Waals surface area contributed by atoms with Crippen LogP contribution in [0, 0.1) is 5.41 Å². The number of carbonyl (C=O) groups is 1. The number of nitrogens with one attached hydrogen (secondary N) is 2. The Balaban J connectivity index is 1.72. The van der Waals surface area contributed by atoms with Crippen LogP contribution in [0.4, 0.5) is 0 Å². The van der Waals surface area contributed by atoms with Gasteiger partial charge in [-0.3, -0.25) is 4.79 Å². The van der Waals surface area contributed by atoms with Crippen LogP contribution in [0.2, 0.25) is 0 Å². The van der Waals surface area contributed by atoms with E-state index in [-0.39, 0.29) is 24.0 Å². The SMILES string of the molecule is O=C(CC1CNCCO1)NCC1(CO)CCCCC1. The van der Waals surface area contributed by atoms with Crippen molar-refractivity contribution in [3.8, 4) is 0 Å². The van der Waals surface area contributed by atoms with Gasteiger partial charge in [-0.1, -0.05) is 19.3 Å². The van der Waals surface area contributed by atoms with E-state index in [0.717, 1.165) is 38.8 Å². The summed E-state index contributed by atoms with van der Waals surface area (Å²) in [5, 5.41) is 15.8. The molecule has 5 heteroatoms. The summed E-state index contributed by atoms with van der Waals surface area (Å²) in [5.41, 5.74) is -0.0837. The molecule has 19 heavy (non-hydrogen) atoms. The summed E-state index contributed by atoms with van der Waals surface area (Å²) in [6.07, 6.45) is 6.01. The first-order valence-electron chi connectivity index (χ1n) is 7.44. The number of aliphatic hydroxyl groups is 1. The van der Waals surface area contributed by atoms with E-state index in [4.69, 9.17) is 4.74 Å². The Kier molecular flexibility index (Phi) is 5.60. The van der Waals surface area contributed by atoms with Crippen molar-refractivity contribution in [2.75, 3.05) is 32.8 Å². The predicted molar refractivity (Wildman–Crippen MR) is 72.8 cm³/mol. The normalized spacial score (nSPS) is 26.9. The van der Waals surface area contributed by atoms with Gasteiger partial charge < -0.3 is 20.5 Å². The maximum Gasteiger partial charge on any atom is 0.222 e. The van der Waals surface area contributed by atoms with E-state index in [0.29, 0.717) is 19.6 Å². The maximum atomic E-state index is 11.9. The molecule has 1 aliphatic heterocycles. The minimum atomic E-state index is -0.0837. The lowest BCUT2D eigenvalue weighted by Gasteiger charge is -2.35. The van der Waals surface area contributed by atoms with E-state index in [1.165, 1.54) is 6.42 Å². The minimum absolute atomic E-state index is 0.00909. The zero-order valence-electron chi connectivity index (χ0n) is 11.6. The third-order valence-electron chi connectivity index (χ3n) is 4.33. The molecule has 0 spiro atoms. The van der Waals surface area contributed by atoms with Gasteiger partial charge in [-0.25, -0.2) is 0 Å². The zero-order valence-corrected chi connectivity index (χ0v) is 11.6. The van der Waals surface area contributed by atoms with Crippen LogP contribution < -0.4 is 10.6 Å². The lowest BCUT2D eigenvalue weighted by molar-refractivity contribution is -0.125. The van der Waals surface area contributed by atoms with Gasteiger partial charge in [0.1, 0.15) is 0 Å². The van der Waals surface area contributed by atoms with E-state index in [1.54, 1.807) is 0 Å². The molecule has 0 aromatic rings. The molecule has 3 N–H and O–H groups in total. The molecule has 1 amide bonds. The summed E-state index contributed by atoms with van der Waals surface area (Å²) in [7, 11) is 0. The highest BCUT2D eigenvalue weighted by atomic mass is 16.5. The molecule has 1 saturated heterocycles. The van der Waals surface area contributed by atoms with E-state index < -0.39 is 0 Å². The molecule has 0 aromatic heterocycles. The summed E-state index contributed by atoms with van der Waals surface area (Å²) in [4.78, 5) is 11.9. The number of hydrogen-bond acceptors (Lipinski definition) is 4. The smallest absolute Gasteiger partial charge is 0.222 e. The fourth-order valence-corrected chi connectivity index (χ4v) is 3.01. The molecule has 1 aliphatic carbocycles. The molecule has 2 aliphatic rings. The lowest BCUT2D eigenvalue weighted by atomic mass is 9.74. The van der Waals surface area contributed by atoms with Crippen LogP contribution in [0.25, 0.3) is 0 Å². The third-order valence-corrected chi connectivity index (χ3v) is 4.33. The van der Waals surface area contributed by atoms with Gasteiger partial charge in [0.15, 0.2) is 0 Å². The highest BCUT2D eigenvalue weighted by Gasteiger charge is 2.31. The van der Waals surface area contributed by atoms with Crippen molar-refractivity contribution in [1.82, 2.24) is 10.6 Å². The Hall–Kier alpha value is -0.650. The highest BCUT2D eigenvalue weighted by molar-refractivity contribution is 5.76. The standard InChI is InChI=1S/C14H26N2O3/c17-11-14(4-2-1-3-5-14)10-16-13(18)8-12-9-15-6-7-19-12/h12,15,17H,1-11H2,(H,16,18). The summed E-state index contributed by atoms with van der Waals surface area (Å²) in [5.74, 6) is 0.0344. The Morgan fingerprint density at radius 1 is 1.37 bits per heavy atom. The predicted octanol–water partition coefficient (Wildman–Crippen LogP) is 0.424. The average Bonchev–Trinajstić information content (AvgIpc) is 2.47. The fraction of sp³-hybridized carbons (Fsp3) is 0.929. The first-order chi connectivity index (χ1) is 9.24. The van der Waals surface area contributed by atoms with Crippen molar-refractivity contribution in [1.29, 1.82) is 0 Å². The molecule has 1 heterocycles. The summed E-state index contributed by atoms with van der Waals surface area (Å²) >= 11 is 0. The molecule has 0 aromatic carbocycles. The Labute approximate surface area is 115 Å². The van der Waals surface area contributed by atoms with Crippen LogP contribution in [0.1, 0.15) is 38.5 Å². The van der Waals surface area contributed by atoms with Crippen molar-refractivity contribution < 1.29 is 14.6 Å². The van der Waals surface area contributed by atoms with Crippen molar-refractivity contribution >= 4 is 5.91 Å². The van der Waals surface area contributed by atoms with E-state index >= 15 is 0 Å². The molecule has 1 unspecified atom stereocenters. The first kappa shape index (κ1) is 14.8. The van der Waals surface area contributed by atoms with Crippen LogP contribution in [0.15, 0.2) is 0 Å². The van der Waals surface area contributed by atoms with Crippen LogP contribution in [0.3, 0.4) is 0 Å². The van der Waals surface area contributed by atoms with Crippen LogP contribution in [0.5, 0.6) is 0 Å². The quantitative estimate of drug-likeness (QED) is 0.677. The van der Waals surface area contributed by atoms with Crippen molar-refractivity contribution in [2.24, 2.45) is 5.41 Å². The molecule has 1 saturated carbocycles. The van der Waals surface area contributed by atoms with E-state index in [2.05, 4.69) is 10.6 Å². The summed E-state index contributed by atoms with van der Waals surface area (Å²) < 4.78 is 5.52. The van der Waals surface area contributed by atoms with Gasteiger partial charge in [-0.2, -0.15) is 0 Å². The number of aliphatic hydroxyl groups excluding tert-OH is 1. The minimum Gasteiger partial charge on any atom is -0.396 e. The number of rotatable bonds is 5. The molecule has 2 rings (SSSR count). The van der Waals surface area contributed by atoms with Gasteiger partial charge in [0.05, 0.1) is 25.7 Å². The second-order valence-corrected chi connectivity index (χ2v) is 5.90. The molecule has 5 nitrogen and oxygen atoms in total. The second kappa shape index (κ2) is 7.22. The number of ether oxygens (including phenoxy) is 1. The highest BCUT2D eigenvalue weighted by Crippen LogP contribution is 2.35. The number of amides is 1. The van der Waals surface area contributed by atoms with Gasteiger partial charge in [0, 0.05) is 25.0 Å². The summed E-state index contributed by atoms with van der Waals surface area (Å²) in [6.45, 7) is 3.07. The van der Waals surface area contributed by atoms with E-state index in [1.807, 2.05) is 0 Å². The molecular weight excluding hydrogens is 244 g/mol.